The molecule has 0 aromatic heterocycles. The molecule has 2 aromatic carbocycles. The minimum atomic E-state index is -6.22. The number of aliphatic carboxylic acids is 1. The van der Waals surface area contributed by atoms with Crippen LogP contribution in [0, 0.1) is 12.7 Å². The molecule has 0 amide bonds. The van der Waals surface area contributed by atoms with Crippen LogP contribution in [0.15, 0.2) is 24.3 Å². The fraction of sp³-hybridized carbons (Fsp3) is 0.143. The minimum Gasteiger partial charge on any atom is -0.475 e. The lowest BCUT2D eigenvalue weighted by Gasteiger charge is -2.16. The summed E-state index contributed by atoms with van der Waals surface area (Å²) in [5.41, 5.74) is -7.60. The largest absolute Gasteiger partial charge is 0.534 e. The number of benzene rings is 2. The minimum absolute atomic E-state index is 0.339. The molecule has 0 unspecified atom stereocenters. The lowest BCUT2D eigenvalue weighted by Crippen LogP contribution is -2.29. The Morgan fingerprint density at radius 2 is 1.64 bits per heavy atom. The predicted molar refractivity (Wildman–Crippen MR) is 76.2 cm³/mol. The molecule has 25 heavy (non-hydrogen) atoms. The van der Waals surface area contributed by atoms with Crippen molar-refractivity contribution in [2.45, 2.75) is 12.4 Å². The van der Waals surface area contributed by atoms with E-state index in [0.717, 1.165) is 19.1 Å². The molecule has 0 spiro atoms. The maximum Gasteiger partial charge on any atom is 0.534 e. The van der Waals surface area contributed by atoms with Crippen molar-refractivity contribution in [1.82, 2.24) is 0 Å². The molecule has 1 N–H and O–H groups in total. The Hall–Kier alpha value is -2.69. The SMILES string of the molecule is Cc1c(C(=O)C(=O)O)c(OS(=O)(=O)C(F)(F)F)c2ccccc2c1F. The molecule has 2 rings (SSSR count). The molecule has 0 aliphatic carbocycles. The molecule has 0 saturated carbocycles. The number of hydrogen-bond donors (Lipinski definition) is 1. The Bertz CT molecular complexity index is 995. The van der Waals surface area contributed by atoms with Crippen molar-refractivity contribution in [1.29, 1.82) is 0 Å². The van der Waals surface area contributed by atoms with Crippen LogP contribution in [0.5, 0.6) is 5.75 Å². The fourth-order valence-corrected chi connectivity index (χ4v) is 2.60. The summed E-state index contributed by atoms with van der Waals surface area (Å²) in [5, 5.41) is 7.97. The van der Waals surface area contributed by atoms with Crippen LogP contribution >= 0.6 is 0 Å². The zero-order valence-electron chi connectivity index (χ0n) is 12.2. The van der Waals surface area contributed by atoms with Gasteiger partial charge in [-0.2, -0.15) is 21.6 Å². The van der Waals surface area contributed by atoms with Crippen LogP contribution in [0.2, 0.25) is 0 Å². The van der Waals surface area contributed by atoms with E-state index in [1.807, 2.05) is 0 Å². The molecule has 0 fully saturated rings. The molecule has 11 heteroatoms. The van der Waals surface area contributed by atoms with Gasteiger partial charge >= 0.3 is 21.6 Å². The predicted octanol–water partition coefficient (Wildman–Crippen LogP) is 2.78. The van der Waals surface area contributed by atoms with Crippen molar-refractivity contribution in [2.24, 2.45) is 0 Å². The lowest BCUT2D eigenvalue weighted by atomic mass is 9.96. The van der Waals surface area contributed by atoms with Gasteiger partial charge in [-0.25, -0.2) is 9.18 Å². The van der Waals surface area contributed by atoms with E-state index < -0.39 is 55.5 Å². The Morgan fingerprint density at radius 1 is 1.12 bits per heavy atom. The number of Topliss-reactive ketones (excluding diaryl/α,β-unsaturated/α-hetero) is 1. The molecule has 0 heterocycles. The summed E-state index contributed by atoms with van der Waals surface area (Å²) in [5.74, 6) is -6.21. The number of hydrogen-bond acceptors (Lipinski definition) is 5. The zero-order valence-corrected chi connectivity index (χ0v) is 13.0. The summed E-state index contributed by atoms with van der Waals surface area (Å²) in [6.45, 7) is 0.922. The van der Waals surface area contributed by atoms with Crippen LogP contribution < -0.4 is 4.18 Å². The zero-order chi connectivity index (χ0) is 19.2. The number of alkyl halides is 3. The first-order valence-corrected chi connectivity index (χ1v) is 7.78. The summed E-state index contributed by atoms with van der Waals surface area (Å²) in [6, 6.07) is 4.64. The van der Waals surface area contributed by atoms with Gasteiger partial charge in [0.1, 0.15) is 5.82 Å². The molecule has 6 nitrogen and oxygen atoms in total. The molecule has 0 bridgehead atoms. The summed E-state index contributed by atoms with van der Waals surface area (Å²) in [7, 11) is -6.22. The van der Waals surface area contributed by atoms with Gasteiger partial charge in [0.25, 0.3) is 5.78 Å². The van der Waals surface area contributed by atoms with Gasteiger partial charge in [-0.05, 0) is 6.92 Å². The van der Waals surface area contributed by atoms with Gasteiger partial charge in [0.05, 0.1) is 5.56 Å². The summed E-state index contributed by atoms with van der Waals surface area (Å²) in [4.78, 5) is 22.7. The van der Waals surface area contributed by atoms with E-state index in [1.54, 1.807) is 0 Å². The molecular formula is C14H8F4O6S. The third-order valence-electron chi connectivity index (χ3n) is 3.24. The third kappa shape index (κ3) is 3.14. The number of carboxylic acids is 1. The van der Waals surface area contributed by atoms with E-state index in [4.69, 9.17) is 5.11 Å². The summed E-state index contributed by atoms with van der Waals surface area (Å²) >= 11 is 0. The Balaban J connectivity index is 2.93. The first-order valence-electron chi connectivity index (χ1n) is 6.37. The van der Waals surface area contributed by atoms with E-state index >= 15 is 0 Å². The second-order valence-electron chi connectivity index (χ2n) is 4.81. The van der Waals surface area contributed by atoms with Crippen LogP contribution in [0.25, 0.3) is 10.8 Å². The van der Waals surface area contributed by atoms with Gasteiger partial charge in [-0.3, -0.25) is 4.79 Å². The van der Waals surface area contributed by atoms with Gasteiger partial charge < -0.3 is 9.29 Å². The Morgan fingerprint density at radius 3 is 2.12 bits per heavy atom. The highest BCUT2D eigenvalue weighted by Crippen LogP contribution is 2.38. The second kappa shape index (κ2) is 5.99. The van der Waals surface area contributed by atoms with E-state index in [0.29, 0.717) is 0 Å². The molecule has 0 aliphatic heterocycles. The van der Waals surface area contributed by atoms with E-state index in [2.05, 4.69) is 4.18 Å². The van der Waals surface area contributed by atoms with E-state index in [1.165, 1.54) is 12.1 Å². The van der Waals surface area contributed by atoms with Gasteiger partial charge in [-0.15, -0.1) is 0 Å². The molecule has 2 aromatic rings. The first kappa shape index (κ1) is 18.6. The van der Waals surface area contributed by atoms with Gasteiger partial charge in [0, 0.05) is 16.3 Å². The normalized spacial score (nSPS) is 12.2. The number of halogens is 4. The van der Waals surface area contributed by atoms with E-state index in [-0.39, 0.29) is 5.39 Å². The Kier molecular flexibility index (Phi) is 4.47. The molecule has 0 saturated heterocycles. The van der Waals surface area contributed by atoms with Gasteiger partial charge in [-0.1, -0.05) is 24.3 Å². The van der Waals surface area contributed by atoms with Crippen LogP contribution in [0.4, 0.5) is 17.6 Å². The average molecular weight is 380 g/mol. The standard InChI is InChI=1S/C14H8F4O6S/c1-6-9(11(19)13(20)21)12(24-25(22,23)14(16,17)18)8-5-3-2-4-7(8)10(6)15/h2-5H,1H3,(H,20,21). The molecule has 0 aliphatic rings. The number of ketones is 1. The average Bonchev–Trinajstić information content (AvgIpc) is 2.50. The van der Waals surface area contributed by atoms with E-state index in [9.17, 15) is 35.6 Å². The highest BCUT2D eigenvalue weighted by Gasteiger charge is 2.49. The van der Waals surface area contributed by atoms with Gasteiger partial charge in [0.2, 0.25) is 0 Å². The van der Waals surface area contributed by atoms with Crippen LogP contribution in [-0.4, -0.2) is 30.8 Å². The second-order valence-corrected chi connectivity index (χ2v) is 6.34. The van der Waals surface area contributed by atoms with Crippen LogP contribution in [-0.2, 0) is 14.9 Å². The molecule has 0 atom stereocenters. The van der Waals surface area contributed by atoms with Crippen molar-refractivity contribution in [3.05, 3.63) is 41.2 Å². The maximum absolute atomic E-state index is 14.4. The van der Waals surface area contributed by atoms with Crippen molar-refractivity contribution >= 4 is 32.6 Å². The first-order chi connectivity index (χ1) is 11.4. The van der Waals surface area contributed by atoms with Crippen LogP contribution in [0.1, 0.15) is 15.9 Å². The number of carboxylic acid groups (broad SMARTS) is 1. The van der Waals surface area contributed by atoms with Gasteiger partial charge in [0.15, 0.2) is 5.75 Å². The Labute approximate surface area is 137 Å². The maximum atomic E-state index is 14.4. The number of carbonyl (C=O) groups excluding carboxylic acids is 1. The highest BCUT2D eigenvalue weighted by molar-refractivity contribution is 7.88. The van der Waals surface area contributed by atoms with Crippen molar-refractivity contribution in [3.8, 4) is 5.75 Å². The van der Waals surface area contributed by atoms with Crippen molar-refractivity contribution in [3.63, 3.8) is 0 Å². The number of rotatable bonds is 4. The monoisotopic (exact) mass is 380 g/mol. The number of fused-ring (bicyclic) bond motifs is 1. The van der Waals surface area contributed by atoms with Crippen molar-refractivity contribution < 1.29 is 44.9 Å². The topological polar surface area (TPSA) is 97.7 Å². The molecule has 134 valence electrons. The molecule has 0 radical (unpaired) electrons. The lowest BCUT2D eigenvalue weighted by molar-refractivity contribution is -0.131. The van der Waals surface area contributed by atoms with Crippen LogP contribution in [0.3, 0.4) is 0 Å². The highest BCUT2D eigenvalue weighted by atomic mass is 32.2. The summed E-state index contributed by atoms with van der Waals surface area (Å²) < 4.78 is 78.8. The van der Waals surface area contributed by atoms with Crippen molar-refractivity contribution in [2.75, 3.05) is 0 Å². The number of carbonyl (C=O) groups is 2. The fourth-order valence-electron chi connectivity index (χ4n) is 2.11. The molecular weight excluding hydrogens is 372 g/mol. The summed E-state index contributed by atoms with van der Waals surface area (Å²) in [6.07, 6.45) is 0. The third-order valence-corrected chi connectivity index (χ3v) is 4.19. The smallest absolute Gasteiger partial charge is 0.475 e. The quantitative estimate of drug-likeness (QED) is 0.288.